The van der Waals surface area contributed by atoms with Crippen molar-refractivity contribution in [2.45, 2.75) is 66.3 Å². The van der Waals surface area contributed by atoms with Crippen LogP contribution in [0.2, 0.25) is 0 Å². The summed E-state index contributed by atoms with van der Waals surface area (Å²) in [7, 11) is 0. The SMILES string of the molecule is Cc1cc(-c2cc(C)c(-c3ccccc3)c3cccnc23)[c-]c(-c2cccc3c2nc(-c2cc(C(C)(C)C)ccc2O)n3C(C)(C)C)c1.[Pt]. The number of pyridine rings is 1. The van der Waals surface area contributed by atoms with E-state index in [-0.39, 0.29) is 37.8 Å². The fourth-order valence-electron chi connectivity index (χ4n) is 6.95. The van der Waals surface area contributed by atoms with E-state index in [0.29, 0.717) is 0 Å². The van der Waals surface area contributed by atoms with Crippen molar-refractivity contribution in [3.63, 3.8) is 0 Å². The Labute approximate surface area is 304 Å². The summed E-state index contributed by atoms with van der Waals surface area (Å²) in [5.41, 5.74) is 13.1. The molecule has 0 aliphatic rings. The molecule has 0 fully saturated rings. The number of rotatable bonds is 4. The van der Waals surface area contributed by atoms with Gasteiger partial charge in [-0.25, -0.2) is 4.98 Å². The summed E-state index contributed by atoms with van der Waals surface area (Å²) >= 11 is 0. The van der Waals surface area contributed by atoms with Gasteiger partial charge in [0.2, 0.25) is 0 Å². The van der Waals surface area contributed by atoms with Gasteiger partial charge < -0.3 is 9.67 Å². The van der Waals surface area contributed by atoms with Crippen molar-refractivity contribution >= 4 is 21.9 Å². The molecule has 0 unspecified atom stereocenters. The van der Waals surface area contributed by atoms with Crippen LogP contribution < -0.4 is 0 Å². The molecule has 0 aliphatic carbocycles. The van der Waals surface area contributed by atoms with Crippen molar-refractivity contribution in [2.24, 2.45) is 0 Å². The molecule has 4 nitrogen and oxygen atoms in total. The van der Waals surface area contributed by atoms with Crippen LogP contribution in [-0.4, -0.2) is 19.6 Å². The number of fused-ring (bicyclic) bond motifs is 2. The number of imidazole rings is 1. The number of para-hydroxylation sites is 1. The van der Waals surface area contributed by atoms with Crippen molar-refractivity contribution < 1.29 is 26.2 Å². The van der Waals surface area contributed by atoms with Crippen LogP contribution in [0.5, 0.6) is 5.75 Å². The third-order valence-corrected chi connectivity index (χ3v) is 9.20. The molecule has 250 valence electrons. The van der Waals surface area contributed by atoms with Crippen molar-refractivity contribution in [2.75, 3.05) is 0 Å². The molecule has 0 saturated carbocycles. The Balaban J connectivity index is 0.00000417. The molecule has 2 aromatic heterocycles. The molecule has 49 heavy (non-hydrogen) atoms. The molecule has 7 aromatic rings. The van der Waals surface area contributed by atoms with E-state index >= 15 is 0 Å². The molecule has 0 spiro atoms. The number of aromatic hydroxyl groups is 1. The molecule has 0 amide bonds. The van der Waals surface area contributed by atoms with Gasteiger partial charge in [0.15, 0.2) is 0 Å². The zero-order chi connectivity index (χ0) is 34.0. The number of hydrogen-bond acceptors (Lipinski definition) is 3. The van der Waals surface area contributed by atoms with Gasteiger partial charge >= 0.3 is 0 Å². The van der Waals surface area contributed by atoms with Crippen molar-refractivity contribution in [3.8, 4) is 50.5 Å². The second-order valence-electron chi connectivity index (χ2n) is 15.0. The summed E-state index contributed by atoms with van der Waals surface area (Å²) in [6.45, 7) is 17.4. The monoisotopic (exact) mass is 823 g/mol. The number of nitrogens with zero attached hydrogens (tertiary/aromatic N) is 3. The molecule has 0 saturated heterocycles. The summed E-state index contributed by atoms with van der Waals surface area (Å²) in [5, 5.41) is 12.3. The maximum absolute atomic E-state index is 11.2. The fraction of sp³-hybridized carbons (Fsp3) is 0.227. The average molecular weight is 824 g/mol. The first-order chi connectivity index (χ1) is 22.8. The van der Waals surface area contributed by atoms with Crippen LogP contribution in [0, 0.1) is 19.9 Å². The molecule has 5 heteroatoms. The molecule has 0 radical (unpaired) electrons. The minimum Gasteiger partial charge on any atom is -0.507 e. The van der Waals surface area contributed by atoms with Crippen LogP contribution in [0.4, 0.5) is 0 Å². The summed E-state index contributed by atoms with van der Waals surface area (Å²) in [6, 6.07) is 37.4. The number of phenolic OH excluding ortho intramolecular Hbond substituents is 1. The van der Waals surface area contributed by atoms with Gasteiger partial charge in [0.25, 0.3) is 0 Å². The minimum atomic E-state index is -0.295. The fourth-order valence-corrected chi connectivity index (χ4v) is 6.95. The van der Waals surface area contributed by atoms with Gasteiger partial charge in [0.1, 0.15) is 11.6 Å². The molecular formula is C44H42N3OPt-. The number of aryl methyl sites for hydroxylation is 2. The third kappa shape index (κ3) is 6.24. The number of benzene rings is 5. The molecule has 0 bridgehead atoms. The maximum atomic E-state index is 11.2. The minimum absolute atomic E-state index is 0. The van der Waals surface area contributed by atoms with E-state index < -0.39 is 0 Å². The quantitative estimate of drug-likeness (QED) is 0.180. The van der Waals surface area contributed by atoms with Crippen LogP contribution in [0.25, 0.3) is 66.7 Å². The first kappa shape index (κ1) is 34.3. The molecule has 0 atom stereocenters. The largest absolute Gasteiger partial charge is 0.507 e. The van der Waals surface area contributed by atoms with Crippen molar-refractivity contribution in [1.29, 1.82) is 0 Å². The normalized spacial score (nSPS) is 12.0. The third-order valence-electron chi connectivity index (χ3n) is 9.20. The van der Waals surface area contributed by atoms with E-state index in [1.165, 1.54) is 16.7 Å². The zero-order valence-corrected chi connectivity index (χ0v) is 31.7. The van der Waals surface area contributed by atoms with Gasteiger partial charge in [-0.3, -0.25) is 4.98 Å². The van der Waals surface area contributed by atoms with Crippen molar-refractivity contribution in [3.05, 3.63) is 126 Å². The van der Waals surface area contributed by atoms with Crippen LogP contribution in [-0.2, 0) is 32.0 Å². The standard InChI is InChI=1S/C44H42N3O.Pt/c1-27-22-30(25-31(23-27)35-24-28(2)39(29-14-10-9-11-15-29)34-17-13-21-45-40(34)35)33-16-12-18-37-41(33)46-42(47(37)44(6,7)8)36-26-32(43(3,4)5)19-20-38(36)48;/h9-24,26,48H,1-8H3;/q-1;. The van der Waals surface area contributed by atoms with Crippen LogP contribution in [0.15, 0.2) is 103 Å². The Bertz CT molecular complexity index is 2340. The average Bonchev–Trinajstić information content (AvgIpc) is 3.45. The van der Waals surface area contributed by atoms with E-state index in [1.807, 2.05) is 18.3 Å². The van der Waals surface area contributed by atoms with Gasteiger partial charge in [-0.05, 0) is 79.6 Å². The van der Waals surface area contributed by atoms with Gasteiger partial charge in [-0.15, -0.1) is 34.9 Å². The Kier molecular flexibility index (Phi) is 8.92. The van der Waals surface area contributed by atoms with Crippen LogP contribution >= 0.6 is 0 Å². The summed E-state index contributed by atoms with van der Waals surface area (Å²) in [4.78, 5) is 10.2. The van der Waals surface area contributed by atoms with Crippen LogP contribution in [0.1, 0.15) is 58.2 Å². The van der Waals surface area contributed by atoms with Crippen LogP contribution in [0.3, 0.4) is 0 Å². The second kappa shape index (κ2) is 12.7. The Morgan fingerprint density at radius 1 is 0.694 bits per heavy atom. The molecule has 7 rings (SSSR count). The van der Waals surface area contributed by atoms with Crippen molar-refractivity contribution in [1.82, 2.24) is 14.5 Å². The summed E-state index contributed by atoms with van der Waals surface area (Å²) < 4.78 is 2.26. The Morgan fingerprint density at radius 2 is 1.41 bits per heavy atom. The Hall–Kier alpha value is -4.53. The number of hydrogen-bond donors (Lipinski definition) is 1. The van der Waals surface area contributed by atoms with Gasteiger partial charge in [0.05, 0.1) is 16.6 Å². The van der Waals surface area contributed by atoms with Gasteiger partial charge in [-0.2, -0.15) is 0 Å². The number of aromatic nitrogens is 3. The predicted molar refractivity (Wildman–Crippen MR) is 200 cm³/mol. The van der Waals surface area contributed by atoms with Gasteiger partial charge in [0, 0.05) is 43.7 Å². The number of phenols is 1. The first-order valence-electron chi connectivity index (χ1n) is 16.7. The maximum Gasteiger partial charge on any atom is 0.144 e. The Morgan fingerprint density at radius 3 is 2.10 bits per heavy atom. The molecule has 1 N–H and O–H groups in total. The van der Waals surface area contributed by atoms with E-state index in [2.05, 4.69) is 145 Å². The molecule has 2 heterocycles. The molecular weight excluding hydrogens is 782 g/mol. The van der Waals surface area contributed by atoms with E-state index in [4.69, 9.17) is 9.97 Å². The topological polar surface area (TPSA) is 50.9 Å². The first-order valence-corrected chi connectivity index (χ1v) is 16.7. The zero-order valence-electron chi connectivity index (χ0n) is 29.4. The second-order valence-corrected chi connectivity index (χ2v) is 15.0. The van der Waals surface area contributed by atoms with E-state index in [1.54, 1.807) is 6.07 Å². The predicted octanol–water partition coefficient (Wildman–Crippen LogP) is 11.4. The van der Waals surface area contributed by atoms with E-state index in [9.17, 15) is 5.11 Å². The van der Waals surface area contributed by atoms with Gasteiger partial charge in [-0.1, -0.05) is 99.5 Å². The smallest absolute Gasteiger partial charge is 0.144 e. The summed E-state index contributed by atoms with van der Waals surface area (Å²) in [5.74, 6) is 0.979. The summed E-state index contributed by atoms with van der Waals surface area (Å²) in [6.07, 6.45) is 1.87. The van der Waals surface area contributed by atoms with E-state index in [0.717, 1.165) is 66.7 Å². The molecule has 0 aliphatic heterocycles. The molecule has 5 aromatic carbocycles.